The van der Waals surface area contributed by atoms with E-state index in [4.69, 9.17) is 21.1 Å². The first-order valence-electron chi connectivity index (χ1n) is 6.63. The molecule has 0 fully saturated rings. The van der Waals surface area contributed by atoms with Crippen LogP contribution in [0.5, 0.6) is 5.75 Å². The summed E-state index contributed by atoms with van der Waals surface area (Å²) in [6, 6.07) is 7.98. The maximum absolute atomic E-state index is 6.22. The second-order valence-electron chi connectivity index (χ2n) is 4.79. The normalized spacial score (nSPS) is 17.2. The van der Waals surface area contributed by atoms with Gasteiger partial charge in [0, 0.05) is 12.7 Å². The first-order chi connectivity index (χ1) is 10.2. The van der Waals surface area contributed by atoms with Gasteiger partial charge in [-0.05, 0) is 28.4 Å². The van der Waals surface area contributed by atoms with Gasteiger partial charge in [-0.3, -0.25) is 0 Å². The summed E-state index contributed by atoms with van der Waals surface area (Å²) in [7, 11) is 1.63. The highest BCUT2D eigenvalue weighted by molar-refractivity contribution is 9.10. The number of para-hydroxylation sites is 1. The lowest BCUT2D eigenvalue weighted by atomic mass is 9.92. The van der Waals surface area contributed by atoms with E-state index in [0.717, 1.165) is 23.4 Å². The van der Waals surface area contributed by atoms with E-state index in [1.54, 1.807) is 7.11 Å². The Bertz CT molecular complexity index is 666. The first kappa shape index (κ1) is 14.8. The first-order valence-corrected chi connectivity index (χ1v) is 7.80. The molecule has 1 aliphatic rings. The lowest BCUT2D eigenvalue weighted by Crippen LogP contribution is -2.18. The second kappa shape index (κ2) is 6.30. The van der Waals surface area contributed by atoms with E-state index in [-0.39, 0.29) is 5.92 Å². The lowest BCUT2D eigenvalue weighted by molar-refractivity contribution is 0.180. The number of hydrogen-bond donors (Lipinski definition) is 0. The summed E-state index contributed by atoms with van der Waals surface area (Å²) < 4.78 is 11.5. The van der Waals surface area contributed by atoms with Gasteiger partial charge in [-0.2, -0.15) is 0 Å². The van der Waals surface area contributed by atoms with Gasteiger partial charge in [0.2, 0.25) is 0 Å². The van der Waals surface area contributed by atoms with Gasteiger partial charge in [0.05, 0.1) is 29.3 Å². The van der Waals surface area contributed by atoms with Crippen LogP contribution in [0.3, 0.4) is 0 Å². The van der Waals surface area contributed by atoms with Crippen LogP contribution in [0.2, 0.25) is 5.15 Å². The fourth-order valence-corrected chi connectivity index (χ4v) is 2.97. The van der Waals surface area contributed by atoms with E-state index < -0.39 is 0 Å². The maximum Gasteiger partial charge on any atom is 0.147 e. The van der Waals surface area contributed by atoms with Crippen LogP contribution in [0.4, 0.5) is 0 Å². The number of halogens is 2. The molecule has 1 atom stereocenters. The third-order valence-corrected chi connectivity index (χ3v) is 4.78. The molecule has 0 aliphatic carbocycles. The number of aromatic nitrogens is 2. The van der Waals surface area contributed by atoms with E-state index in [2.05, 4.69) is 32.0 Å². The van der Waals surface area contributed by atoms with Gasteiger partial charge < -0.3 is 9.47 Å². The van der Waals surface area contributed by atoms with Gasteiger partial charge >= 0.3 is 0 Å². The molecule has 0 N–H and O–H groups in total. The van der Waals surface area contributed by atoms with Crippen molar-refractivity contribution in [2.24, 2.45) is 0 Å². The summed E-state index contributed by atoms with van der Waals surface area (Å²) in [5.41, 5.74) is 1.86. The van der Waals surface area contributed by atoms with Crippen LogP contribution in [0.15, 0.2) is 28.7 Å². The lowest BCUT2D eigenvalue weighted by Gasteiger charge is -2.25. The fourth-order valence-electron chi connectivity index (χ4n) is 2.48. The number of ether oxygens (including phenoxy) is 2. The van der Waals surface area contributed by atoms with Crippen LogP contribution >= 0.6 is 27.5 Å². The quantitative estimate of drug-likeness (QED) is 0.768. The van der Waals surface area contributed by atoms with E-state index in [1.807, 2.05) is 18.2 Å². The molecule has 0 amide bonds. The van der Waals surface area contributed by atoms with Crippen molar-refractivity contribution >= 4 is 27.5 Å². The Hall–Kier alpha value is -1.17. The van der Waals surface area contributed by atoms with Crippen molar-refractivity contribution in [3.8, 4) is 5.75 Å². The Balaban J connectivity index is 2.05. The van der Waals surface area contributed by atoms with Crippen LogP contribution < -0.4 is 4.74 Å². The number of benzene rings is 1. The van der Waals surface area contributed by atoms with Crippen molar-refractivity contribution in [1.82, 2.24) is 9.97 Å². The monoisotopic (exact) mass is 368 g/mol. The van der Waals surface area contributed by atoms with Gasteiger partial charge in [0.15, 0.2) is 0 Å². The van der Waals surface area contributed by atoms with Gasteiger partial charge in [0.1, 0.15) is 16.7 Å². The third kappa shape index (κ3) is 2.91. The Morgan fingerprint density at radius 2 is 2.19 bits per heavy atom. The molecule has 1 unspecified atom stereocenters. The highest BCUT2D eigenvalue weighted by atomic mass is 79.9. The number of nitrogens with zero attached hydrogens (tertiary/aromatic N) is 2. The molecule has 2 aromatic rings. The molecular formula is C15H14BrClN2O2. The van der Waals surface area contributed by atoms with Gasteiger partial charge in [-0.25, -0.2) is 9.97 Å². The van der Waals surface area contributed by atoms with Gasteiger partial charge in [0.25, 0.3) is 0 Å². The molecule has 110 valence electrons. The number of fused-ring (bicyclic) bond motifs is 1. The zero-order valence-corrected chi connectivity index (χ0v) is 13.8. The predicted molar refractivity (Wildman–Crippen MR) is 83.9 cm³/mol. The molecular weight excluding hydrogens is 356 g/mol. The second-order valence-corrected chi connectivity index (χ2v) is 5.94. The largest absolute Gasteiger partial charge is 0.493 e. The SMILES string of the molecule is COCc1nc(C2CCOc3ccccc32)nc(Cl)c1Br. The number of rotatable bonds is 3. The summed E-state index contributed by atoms with van der Waals surface area (Å²) in [6.07, 6.45) is 0.835. The maximum atomic E-state index is 6.22. The molecule has 1 aromatic heterocycles. The molecule has 21 heavy (non-hydrogen) atoms. The summed E-state index contributed by atoms with van der Waals surface area (Å²) in [5.74, 6) is 1.70. The minimum atomic E-state index is 0.0937. The highest BCUT2D eigenvalue weighted by Crippen LogP contribution is 2.37. The summed E-state index contributed by atoms with van der Waals surface area (Å²) in [6.45, 7) is 1.04. The van der Waals surface area contributed by atoms with Crippen molar-refractivity contribution in [1.29, 1.82) is 0 Å². The van der Waals surface area contributed by atoms with Gasteiger partial charge in [-0.15, -0.1) is 0 Å². The van der Waals surface area contributed by atoms with E-state index >= 15 is 0 Å². The topological polar surface area (TPSA) is 44.2 Å². The molecule has 0 saturated carbocycles. The van der Waals surface area contributed by atoms with Crippen LogP contribution in [0, 0.1) is 0 Å². The van der Waals surface area contributed by atoms with Gasteiger partial charge in [-0.1, -0.05) is 29.8 Å². The molecule has 0 saturated heterocycles. The molecule has 6 heteroatoms. The Morgan fingerprint density at radius 3 is 3.00 bits per heavy atom. The van der Waals surface area contributed by atoms with Crippen LogP contribution in [0.1, 0.15) is 29.4 Å². The average Bonchev–Trinajstić information content (AvgIpc) is 2.51. The van der Waals surface area contributed by atoms with E-state index in [9.17, 15) is 0 Å². The van der Waals surface area contributed by atoms with Crippen molar-refractivity contribution in [2.75, 3.05) is 13.7 Å². The van der Waals surface area contributed by atoms with Crippen molar-refractivity contribution in [3.63, 3.8) is 0 Å². The predicted octanol–water partition coefficient (Wildman–Crippen LogP) is 3.95. The standard InChI is InChI=1S/C15H14BrClN2O2/c1-20-8-11-13(16)14(17)19-15(18-11)10-6-7-21-12-5-3-2-4-9(10)12/h2-5,10H,6-8H2,1H3. The van der Waals surface area contributed by atoms with E-state index in [1.165, 1.54) is 0 Å². The molecule has 0 bridgehead atoms. The van der Waals surface area contributed by atoms with Crippen LogP contribution in [-0.2, 0) is 11.3 Å². The Morgan fingerprint density at radius 1 is 1.38 bits per heavy atom. The minimum Gasteiger partial charge on any atom is -0.493 e. The molecule has 3 rings (SSSR count). The summed E-state index contributed by atoms with van der Waals surface area (Å²) in [5, 5.41) is 0.413. The molecule has 0 radical (unpaired) electrons. The van der Waals surface area contributed by atoms with Crippen LogP contribution in [0.25, 0.3) is 0 Å². The van der Waals surface area contributed by atoms with Crippen LogP contribution in [-0.4, -0.2) is 23.7 Å². The fraction of sp³-hybridized carbons (Fsp3) is 0.333. The minimum absolute atomic E-state index is 0.0937. The molecule has 2 heterocycles. The molecule has 1 aliphatic heterocycles. The summed E-state index contributed by atoms with van der Waals surface area (Å²) >= 11 is 9.63. The van der Waals surface area contributed by atoms with Crippen molar-refractivity contribution in [3.05, 3.63) is 51.0 Å². The number of hydrogen-bond acceptors (Lipinski definition) is 4. The molecule has 4 nitrogen and oxygen atoms in total. The smallest absolute Gasteiger partial charge is 0.147 e. The van der Waals surface area contributed by atoms with Crippen molar-refractivity contribution < 1.29 is 9.47 Å². The Labute approximate surface area is 136 Å². The number of methoxy groups -OCH3 is 1. The molecule has 1 aromatic carbocycles. The zero-order chi connectivity index (χ0) is 14.8. The van der Waals surface area contributed by atoms with Crippen molar-refractivity contribution in [2.45, 2.75) is 18.9 Å². The Kier molecular flexibility index (Phi) is 4.42. The third-order valence-electron chi connectivity index (χ3n) is 3.45. The summed E-state index contributed by atoms with van der Waals surface area (Å²) in [4.78, 5) is 9.06. The zero-order valence-electron chi connectivity index (χ0n) is 11.5. The average molecular weight is 370 g/mol. The molecule has 0 spiro atoms. The highest BCUT2D eigenvalue weighted by Gasteiger charge is 2.26. The van der Waals surface area contributed by atoms with E-state index in [0.29, 0.717) is 28.7 Å².